The number of hydrogen-bond donors (Lipinski definition) is 1. The lowest BCUT2D eigenvalue weighted by Crippen LogP contribution is -2.06. The van der Waals surface area contributed by atoms with E-state index in [0.717, 1.165) is 11.3 Å². The van der Waals surface area contributed by atoms with Crippen molar-refractivity contribution in [2.45, 2.75) is 6.42 Å². The molecule has 0 saturated carbocycles. The van der Waals surface area contributed by atoms with Gasteiger partial charge in [-0.05, 0) is 30.8 Å². The highest BCUT2D eigenvalue weighted by Crippen LogP contribution is 2.28. The first kappa shape index (κ1) is 13.9. The molecule has 0 atom stereocenters. The summed E-state index contributed by atoms with van der Waals surface area (Å²) in [6.07, 6.45) is 2.52. The van der Waals surface area contributed by atoms with Gasteiger partial charge < -0.3 is 14.9 Å². The third-order valence-electron chi connectivity index (χ3n) is 3.08. The van der Waals surface area contributed by atoms with Crippen molar-refractivity contribution in [2.75, 3.05) is 6.54 Å². The van der Waals surface area contributed by atoms with Crippen LogP contribution in [-0.2, 0) is 6.42 Å². The maximum absolute atomic E-state index is 13.2. The lowest BCUT2D eigenvalue weighted by Gasteiger charge is -2.06. The second-order valence-corrected chi connectivity index (χ2v) is 4.92. The molecule has 4 nitrogen and oxygen atoms in total. The van der Waals surface area contributed by atoms with E-state index >= 15 is 0 Å². The van der Waals surface area contributed by atoms with Gasteiger partial charge in [0.15, 0.2) is 0 Å². The zero-order valence-electron chi connectivity index (χ0n) is 11.1. The van der Waals surface area contributed by atoms with Gasteiger partial charge in [0.05, 0.1) is 10.7 Å². The highest BCUT2D eigenvalue weighted by molar-refractivity contribution is 6.30. The first-order valence-electron chi connectivity index (χ1n) is 6.48. The molecule has 2 aromatic heterocycles. The molecule has 0 unspecified atom stereocenters. The number of nitrogens with two attached hydrogens (primary N) is 1. The average Bonchev–Trinajstić information content (AvgIpc) is 2.81. The monoisotopic (exact) mass is 305 g/mol. The number of ether oxygens (including phenoxy) is 1. The Labute approximate surface area is 125 Å². The Morgan fingerprint density at radius 1 is 1.29 bits per heavy atom. The topological polar surface area (TPSA) is 52.5 Å². The van der Waals surface area contributed by atoms with Crippen LogP contribution in [0, 0.1) is 5.82 Å². The molecule has 108 valence electrons. The number of imidazole rings is 1. The van der Waals surface area contributed by atoms with Crippen molar-refractivity contribution in [1.29, 1.82) is 0 Å². The van der Waals surface area contributed by atoms with Crippen molar-refractivity contribution >= 4 is 17.2 Å². The molecule has 0 radical (unpaired) electrons. The summed E-state index contributed by atoms with van der Waals surface area (Å²) in [5, 5.41) is 0.0108. The Bertz CT molecular complexity index is 788. The number of pyridine rings is 1. The molecule has 2 N–H and O–H groups in total. The summed E-state index contributed by atoms with van der Waals surface area (Å²) >= 11 is 5.76. The first-order valence-corrected chi connectivity index (χ1v) is 6.86. The first-order chi connectivity index (χ1) is 10.2. The van der Waals surface area contributed by atoms with Crippen LogP contribution in [0.1, 0.15) is 5.69 Å². The number of aromatic nitrogens is 2. The van der Waals surface area contributed by atoms with Crippen LogP contribution in [0.15, 0.2) is 42.6 Å². The summed E-state index contributed by atoms with van der Waals surface area (Å²) in [6, 6.07) is 9.88. The van der Waals surface area contributed by atoms with Crippen LogP contribution in [-0.4, -0.2) is 15.9 Å². The lowest BCUT2D eigenvalue weighted by atomic mass is 10.3. The molecule has 0 spiro atoms. The van der Waals surface area contributed by atoms with Gasteiger partial charge in [-0.1, -0.05) is 17.7 Å². The van der Waals surface area contributed by atoms with Crippen LogP contribution >= 0.6 is 11.6 Å². The Balaban J connectivity index is 2.02. The number of benzene rings is 1. The van der Waals surface area contributed by atoms with Crippen molar-refractivity contribution < 1.29 is 9.13 Å². The second-order valence-electron chi connectivity index (χ2n) is 4.51. The summed E-state index contributed by atoms with van der Waals surface area (Å²) in [7, 11) is 0. The third-order valence-corrected chi connectivity index (χ3v) is 3.37. The molecule has 3 aromatic rings. The molecule has 0 fully saturated rings. The Morgan fingerprint density at radius 3 is 2.90 bits per heavy atom. The number of hydrogen-bond acceptors (Lipinski definition) is 3. The quantitative estimate of drug-likeness (QED) is 0.803. The van der Waals surface area contributed by atoms with Crippen LogP contribution in [0.2, 0.25) is 5.02 Å². The second kappa shape index (κ2) is 5.71. The number of rotatable bonds is 4. The number of halogens is 2. The van der Waals surface area contributed by atoms with E-state index in [0.29, 0.717) is 24.6 Å². The standard InChI is InChI=1S/C15H13ClFN3O/c16-11-9-10(4-5-12(11)17)21-15-13(6-7-18)20-8-2-1-3-14(20)19-15/h1-5,8-9H,6-7,18H2. The predicted molar refractivity (Wildman–Crippen MR) is 79.4 cm³/mol. The van der Waals surface area contributed by atoms with E-state index < -0.39 is 5.82 Å². The van der Waals surface area contributed by atoms with Crippen LogP contribution in [0.25, 0.3) is 5.65 Å². The highest BCUT2D eigenvalue weighted by Gasteiger charge is 2.14. The van der Waals surface area contributed by atoms with Gasteiger partial charge in [0, 0.05) is 18.7 Å². The van der Waals surface area contributed by atoms with E-state index in [1.54, 1.807) is 0 Å². The summed E-state index contributed by atoms with van der Waals surface area (Å²) < 4.78 is 20.8. The minimum atomic E-state index is -0.485. The van der Waals surface area contributed by atoms with Gasteiger partial charge in [-0.2, -0.15) is 4.98 Å². The van der Waals surface area contributed by atoms with E-state index in [9.17, 15) is 4.39 Å². The lowest BCUT2D eigenvalue weighted by molar-refractivity contribution is 0.457. The maximum Gasteiger partial charge on any atom is 0.241 e. The average molecular weight is 306 g/mol. The van der Waals surface area contributed by atoms with Crippen molar-refractivity contribution in [3.8, 4) is 11.6 Å². The molecular weight excluding hydrogens is 293 g/mol. The fourth-order valence-electron chi connectivity index (χ4n) is 2.12. The minimum Gasteiger partial charge on any atom is -0.437 e. The molecule has 0 aliphatic rings. The van der Waals surface area contributed by atoms with Gasteiger partial charge >= 0.3 is 0 Å². The maximum atomic E-state index is 13.2. The highest BCUT2D eigenvalue weighted by atomic mass is 35.5. The van der Waals surface area contributed by atoms with Gasteiger partial charge in [-0.3, -0.25) is 0 Å². The van der Waals surface area contributed by atoms with E-state index in [4.69, 9.17) is 22.1 Å². The molecule has 0 saturated heterocycles. The van der Waals surface area contributed by atoms with Crippen LogP contribution in [0.4, 0.5) is 4.39 Å². The fourth-order valence-corrected chi connectivity index (χ4v) is 2.29. The van der Waals surface area contributed by atoms with E-state index in [-0.39, 0.29) is 5.02 Å². The van der Waals surface area contributed by atoms with Gasteiger partial charge in [0.2, 0.25) is 5.88 Å². The smallest absolute Gasteiger partial charge is 0.241 e. The van der Waals surface area contributed by atoms with Crippen molar-refractivity contribution in [2.24, 2.45) is 5.73 Å². The summed E-state index contributed by atoms with van der Waals surface area (Å²) in [6.45, 7) is 0.475. The van der Waals surface area contributed by atoms with Gasteiger partial charge in [0.1, 0.15) is 17.2 Å². The summed E-state index contributed by atoms with van der Waals surface area (Å²) in [4.78, 5) is 4.43. The van der Waals surface area contributed by atoms with Gasteiger partial charge in [-0.15, -0.1) is 0 Å². The molecule has 0 bridgehead atoms. The molecule has 21 heavy (non-hydrogen) atoms. The zero-order valence-corrected chi connectivity index (χ0v) is 11.8. The van der Waals surface area contributed by atoms with Gasteiger partial charge in [-0.25, -0.2) is 4.39 Å². The van der Waals surface area contributed by atoms with E-state index in [2.05, 4.69) is 4.98 Å². The van der Waals surface area contributed by atoms with E-state index in [1.807, 2.05) is 28.8 Å². The SMILES string of the molecule is NCCc1c(Oc2ccc(F)c(Cl)c2)nc2ccccn12. The Morgan fingerprint density at radius 2 is 2.14 bits per heavy atom. The largest absolute Gasteiger partial charge is 0.437 e. The molecule has 3 rings (SSSR count). The Kier molecular flexibility index (Phi) is 3.77. The minimum absolute atomic E-state index is 0.0108. The van der Waals surface area contributed by atoms with E-state index in [1.165, 1.54) is 18.2 Å². The molecule has 6 heteroatoms. The summed E-state index contributed by atoms with van der Waals surface area (Å²) in [5.41, 5.74) is 7.29. The van der Waals surface area contributed by atoms with Gasteiger partial charge in [0.25, 0.3) is 0 Å². The molecule has 1 aromatic carbocycles. The molecule has 0 amide bonds. The molecule has 2 heterocycles. The third kappa shape index (κ3) is 2.70. The molecule has 0 aliphatic carbocycles. The Hall–Kier alpha value is -2.11. The fraction of sp³-hybridized carbons (Fsp3) is 0.133. The van der Waals surface area contributed by atoms with Crippen molar-refractivity contribution in [1.82, 2.24) is 9.38 Å². The molecule has 0 aliphatic heterocycles. The van der Waals surface area contributed by atoms with Crippen LogP contribution < -0.4 is 10.5 Å². The van der Waals surface area contributed by atoms with Crippen LogP contribution in [0.5, 0.6) is 11.6 Å². The number of fused-ring (bicyclic) bond motifs is 1. The number of nitrogens with zero attached hydrogens (tertiary/aromatic N) is 2. The zero-order chi connectivity index (χ0) is 14.8. The van der Waals surface area contributed by atoms with Crippen molar-refractivity contribution in [3.05, 3.63) is 59.1 Å². The summed E-state index contributed by atoms with van der Waals surface area (Å²) in [5.74, 6) is 0.401. The van der Waals surface area contributed by atoms with Crippen LogP contribution in [0.3, 0.4) is 0 Å². The molecular formula is C15H13ClFN3O. The predicted octanol–water partition coefficient (Wildman–Crippen LogP) is 3.42. The normalized spacial score (nSPS) is 11.0. The van der Waals surface area contributed by atoms with Crippen molar-refractivity contribution in [3.63, 3.8) is 0 Å².